The van der Waals surface area contributed by atoms with Crippen LogP contribution in [0.1, 0.15) is 85.5 Å². The third-order valence-electron chi connectivity index (χ3n) is 12.1. The Bertz CT molecular complexity index is 1020. The van der Waals surface area contributed by atoms with Gasteiger partial charge in [-0.25, -0.2) is 8.42 Å². The quantitative estimate of drug-likeness (QED) is 0.158. The first kappa shape index (κ1) is 31.3. The van der Waals surface area contributed by atoms with Gasteiger partial charge in [-0.3, -0.25) is 4.18 Å². The van der Waals surface area contributed by atoms with Crippen LogP contribution in [0.2, 0.25) is 0 Å². The first-order chi connectivity index (χ1) is 18.1. The van der Waals surface area contributed by atoms with E-state index in [0.717, 1.165) is 24.8 Å². The molecule has 4 rings (SSSR count). The van der Waals surface area contributed by atoms with Gasteiger partial charge in [0.15, 0.2) is 0 Å². The van der Waals surface area contributed by atoms with Crippen molar-refractivity contribution in [1.29, 1.82) is 0 Å². The number of hydrogen-bond donors (Lipinski definition) is 5. The highest BCUT2D eigenvalue weighted by atomic mass is 32.3. The molecule has 0 saturated heterocycles. The largest absolute Gasteiger partial charge is 0.726 e. The summed E-state index contributed by atoms with van der Waals surface area (Å²) in [7, 11) is -4.99. The minimum absolute atomic E-state index is 0.0127. The standard InChI is InChI=1S/C29H50O9S/c1-6-18(16(2)3)8-7-17(4)29(34)26(33)25(32)24-20-10-9-19-13-22(31)23(38-39(35,36)37)14-27(19,5)21(20)11-12-28(24,29)15-30/h17-26,30-34H,2,6-15H2,1,3-5H3,(H,35,36,37)/p-1/t17-,18?,19+,20-,21+,22+,23+,24-,25+,26-,27+,28-,29-/m1/s1. The van der Waals surface area contributed by atoms with Crippen LogP contribution in [0.4, 0.5) is 0 Å². The Labute approximate surface area is 233 Å². The zero-order valence-corrected chi connectivity index (χ0v) is 24.6. The molecular weight excluding hydrogens is 524 g/mol. The van der Waals surface area contributed by atoms with E-state index in [1.165, 1.54) is 0 Å². The lowest BCUT2D eigenvalue weighted by molar-refractivity contribution is -0.217. The highest BCUT2D eigenvalue weighted by Gasteiger charge is 2.74. The van der Waals surface area contributed by atoms with Crippen LogP contribution >= 0.6 is 0 Å². The number of aliphatic hydroxyl groups excluding tert-OH is 4. The Hall–Kier alpha value is -0.590. The summed E-state index contributed by atoms with van der Waals surface area (Å²) in [4.78, 5) is 0. The number of hydrogen-bond acceptors (Lipinski definition) is 9. The number of rotatable bonds is 9. The number of aliphatic hydroxyl groups is 5. The molecule has 13 atom stereocenters. The Morgan fingerprint density at radius 1 is 1.18 bits per heavy atom. The molecule has 4 fully saturated rings. The summed E-state index contributed by atoms with van der Waals surface area (Å²) in [6, 6.07) is 0. The van der Waals surface area contributed by atoms with E-state index < -0.39 is 57.2 Å². The summed E-state index contributed by atoms with van der Waals surface area (Å²) in [6.45, 7) is 11.8. The molecule has 0 aliphatic heterocycles. The van der Waals surface area contributed by atoms with Gasteiger partial charge in [0.2, 0.25) is 10.4 Å². The molecule has 0 spiro atoms. The van der Waals surface area contributed by atoms with Crippen molar-refractivity contribution in [1.82, 2.24) is 0 Å². The topological polar surface area (TPSA) is 168 Å². The third kappa shape index (κ3) is 4.94. The van der Waals surface area contributed by atoms with Crippen molar-refractivity contribution in [2.45, 2.75) is 115 Å². The van der Waals surface area contributed by atoms with Crippen LogP contribution in [0.3, 0.4) is 0 Å². The van der Waals surface area contributed by atoms with E-state index in [4.69, 9.17) is 4.18 Å². The second kappa shape index (κ2) is 10.9. The number of fused-ring (bicyclic) bond motifs is 5. The molecule has 0 aromatic carbocycles. The number of allylic oxidation sites excluding steroid dienone is 1. The van der Waals surface area contributed by atoms with E-state index in [2.05, 4.69) is 20.4 Å². The van der Waals surface area contributed by atoms with Gasteiger partial charge in [-0.15, -0.1) is 0 Å². The fourth-order valence-corrected chi connectivity index (χ4v) is 10.5. The van der Waals surface area contributed by atoms with E-state index in [0.29, 0.717) is 38.0 Å². The van der Waals surface area contributed by atoms with Gasteiger partial charge in [-0.2, -0.15) is 0 Å². The minimum Gasteiger partial charge on any atom is -0.726 e. The second-order valence-electron chi connectivity index (χ2n) is 13.7. The molecule has 5 N–H and O–H groups in total. The van der Waals surface area contributed by atoms with Gasteiger partial charge < -0.3 is 30.1 Å². The monoisotopic (exact) mass is 573 g/mol. The van der Waals surface area contributed by atoms with E-state index >= 15 is 0 Å². The Balaban J connectivity index is 1.64. The molecule has 10 heteroatoms. The highest BCUT2D eigenvalue weighted by molar-refractivity contribution is 7.80. The smallest absolute Gasteiger partial charge is 0.217 e. The summed E-state index contributed by atoms with van der Waals surface area (Å²) in [5.74, 6) is -0.682. The molecule has 226 valence electrons. The molecule has 0 bridgehead atoms. The molecule has 1 unspecified atom stereocenters. The van der Waals surface area contributed by atoms with Gasteiger partial charge in [-0.1, -0.05) is 32.9 Å². The van der Waals surface area contributed by atoms with Crippen molar-refractivity contribution in [3.8, 4) is 0 Å². The predicted molar refractivity (Wildman–Crippen MR) is 144 cm³/mol. The molecule has 0 aromatic rings. The zero-order chi connectivity index (χ0) is 29.1. The lowest BCUT2D eigenvalue weighted by Gasteiger charge is -2.63. The van der Waals surface area contributed by atoms with Crippen molar-refractivity contribution in [3.63, 3.8) is 0 Å². The van der Waals surface area contributed by atoms with Crippen molar-refractivity contribution in [2.24, 2.45) is 46.3 Å². The summed E-state index contributed by atoms with van der Waals surface area (Å²) in [6.07, 6.45) is 0.478. The molecule has 0 heterocycles. The Morgan fingerprint density at radius 2 is 1.85 bits per heavy atom. The van der Waals surface area contributed by atoms with E-state index in [9.17, 15) is 38.5 Å². The summed E-state index contributed by atoms with van der Waals surface area (Å²) >= 11 is 0. The average Bonchev–Trinajstić information content (AvgIpc) is 3.03. The van der Waals surface area contributed by atoms with E-state index in [1.807, 2.05) is 13.8 Å². The molecule has 4 saturated carbocycles. The molecular formula is C29H49O9S-. The molecule has 39 heavy (non-hydrogen) atoms. The van der Waals surface area contributed by atoms with Gasteiger partial charge in [-0.05, 0) is 99.7 Å². The zero-order valence-electron chi connectivity index (χ0n) is 23.8. The molecule has 4 aliphatic carbocycles. The van der Waals surface area contributed by atoms with Gasteiger partial charge in [0.1, 0.15) is 17.8 Å². The van der Waals surface area contributed by atoms with Crippen LogP contribution in [-0.4, -0.2) is 75.1 Å². The van der Waals surface area contributed by atoms with Crippen LogP contribution in [0.25, 0.3) is 0 Å². The SMILES string of the molecule is C=C(C)C(CC)CC[C@@H](C)[C@@]1(O)[C@H](O)[C@@H](O)[C@H]2[C@@H]3CC[C@H]4C[C@H](O)[C@@H](OS(=O)(=O)[O-])C[C@]4(C)[C@H]3CC[C@@]21CO. The Morgan fingerprint density at radius 3 is 2.41 bits per heavy atom. The molecule has 4 aliphatic rings. The summed E-state index contributed by atoms with van der Waals surface area (Å²) in [5, 5.41) is 56.8. The lowest BCUT2D eigenvalue weighted by Crippen LogP contribution is -2.63. The van der Waals surface area contributed by atoms with Gasteiger partial charge in [0.05, 0.1) is 18.8 Å². The van der Waals surface area contributed by atoms with Gasteiger partial charge in [0.25, 0.3) is 0 Å². The summed E-state index contributed by atoms with van der Waals surface area (Å²) in [5.41, 5.74) is -2.14. The maximum absolute atomic E-state index is 12.3. The lowest BCUT2D eigenvalue weighted by atomic mass is 9.43. The first-order valence-electron chi connectivity index (χ1n) is 14.7. The van der Waals surface area contributed by atoms with Crippen LogP contribution in [0, 0.1) is 46.3 Å². The van der Waals surface area contributed by atoms with Gasteiger partial charge in [0, 0.05) is 11.3 Å². The maximum atomic E-state index is 12.3. The van der Waals surface area contributed by atoms with Crippen LogP contribution in [0.15, 0.2) is 12.2 Å². The summed E-state index contributed by atoms with van der Waals surface area (Å²) < 4.78 is 38.9. The normalized spacial score (nSPS) is 47.5. The minimum atomic E-state index is -4.99. The average molecular weight is 574 g/mol. The fraction of sp³-hybridized carbons (Fsp3) is 0.931. The molecule has 0 amide bonds. The fourth-order valence-electron chi connectivity index (χ4n) is 10.0. The molecule has 0 aromatic heterocycles. The van der Waals surface area contributed by atoms with Crippen molar-refractivity contribution < 1.29 is 42.7 Å². The van der Waals surface area contributed by atoms with Crippen LogP contribution in [0.5, 0.6) is 0 Å². The van der Waals surface area contributed by atoms with Crippen molar-refractivity contribution in [3.05, 3.63) is 12.2 Å². The van der Waals surface area contributed by atoms with Crippen molar-refractivity contribution >= 4 is 10.4 Å². The third-order valence-corrected chi connectivity index (χ3v) is 12.6. The second-order valence-corrected chi connectivity index (χ2v) is 14.7. The van der Waals surface area contributed by atoms with Crippen molar-refractivity contribution in [2.75, 3.05) is 6.61 Å². The first-order valence-corrected chi connectivity index (χ1v) is 16.1. The molecule has 9 nitrogen and oxygen atoms in total. The molecule has 0 radical (unpaired) electrons. The van der Waals surface area contributed by atoms with Crippen LogP contribution in [-0.2, 0) is 14.6 Å². The van der Waals surface area contributed by atoms with Gasteiger partial charge >= 0.3 is 0 Å². The maximum Gasteiger partial charge on any atom is 0.217 e. The van der Waals surface area contributed by atoms with Crippen LogP contribution < -0.4 is 0 Å². The highest BCUT2D eigenvalue weighted by Crippen LogP contribution is 2.69. The van der Waals surface area contributed by atoms with E-state index in [-0.39, 0.29) is 36.7 Å². The predicted octanol–water partition coefficient (Wildman–Crippen LogP) is 2.51. The van der Waals surface area contributed by atoms with E-state index in [1.54, 1.807) is 0 Å². The Kier molecular flexibility index (Phi) is 8.77.